The molecule has 2 aromatic carbocycles. The fraction of sp³-hybridized carbons (Fsp3) is 0.400. The van der Waals surface area contributed by atoms with Gasteiger partial charge in [-0.05, 0) is 61.2 Å². The van der Waals surface area contributed by atoms with Crippen LogP contribution in [0.4, 0.5) is 0 Å². The van der Waals surface area contributed by atoms with Gasteiger partial charge < -0.3 is 24.6 Å². The molecule has 0 aromatic heterocycles. The summed E-state index contributed by atoms with van der Waals surface area (Å²) in [5.41, 5.74) is 4.53. The zero-order valence-electron chi connectivity index (χ0n) is 15.0. The van der Waals surface area contributed by atoms with E-state index in [2.05, 4.69) is 18.0 Å². The number of phenolic OH excluding ortho intramolecular Hbond substituents is 2. The Labute approximate surface area is 148 Å². The van der Waals surface area contributed by atoms with Gasteiger partial charge >= 0.3 is 0 Å². The van der Waals surface area contributed by atoms with Crippen LogP contribution in [0.25, 0.3) is 0 Å². The van der Waals surface area contributed by atoms with E-state index < -0.39 is 0 Å². The first-order valence-corrected chi connectivity index (χ1v) is 8.48. The van der Waals surface area contributed by atoms with Crippen molar-refractivity contribution in [3.05, 3.63) is 46.5 Å². The van der Waals surface area contributed by atoms with Crippen LogP contribution in [-0.4, -0.2) is 42.9 Å². The van der Waals surface area contributed by atoms with Crippen molar-refractivity contribution in [1.29, 1.82) is 0 Å². The molecule has 1 aliphatic rings. The number of hydrogen-bond donors (Lipinski definition) is 2. The minimum Gasteiger partial charge on any atom is -0.504 e. The number of rotatable bonds is 2. The van der Waals surface area contributed by atoms with Crippen molar-refractivity contribution in [2.75, 3.05) is 27.8 Å². The lowest BCUT2D eigenvalue weighted by atomic mass is 9.93. The Bertz CT molecular complexity index is 773. The van der Waals surface area contributed by atoms with Crippen molar-refractivity contribution < 1.29 is 19.7 Å². The fourth-order valence-electron chi connectivity index (χ4n) is 3.50. The minimum absolute atomic E-state index is 0.0507. The summed E-state index contributed by atoms with van der Waals surface area (Å²) in [5, 5.41) is 19.7. The molecule has 5 heteroatoms. The molecule has 0 bridgehead atoms. The molecule has 134 valence electrons. The van der Waals surface area contributed by atoms with Gasteiger partial charge in [-0.25, -0.2) is 0 Å². The van der Waals surface area contributed by atoms with Crippen molar-refractivity contribution >= 4 is 0 Å². The van der Waals surface area contributed by atoms with Gasteiger partial charge in [-0.15, -0.1) is 0 Å². The standard InChI is InChI=1S/C20H25NO4/c1-21-9-8-15-11-18(23)17(22)10-14(15)5-4-13-6-7-19(24-2)20(25-3)16(13)12-21/h6-7,10-11,22-23H,4-5,8-9,12H2,1-3H3. The second-order valence-corrected chi connectivity index (χ2v) is 6.54. The first-order chi connectivity index (χ1) is 12.0. The van der Waals surface area contributed by atoms with Gasteiger partial charge in [-0.1, -0.05) is 6.07 Å². The number of ether oxygens (including phenoxy) is 2. The number of likely N-dealkylation sites (N-methyl/N-ethyl adjacent to an activating group) is 1. The lowest BCUT2D eigenvalue weighted by Crippen LogP contribution is -2.23. The Hall–Kier alpha value is -2.40. The second kappa shape index (κ2) is 7.23. The van der Waals surface area contributed by atoms with E-state index in [-0.39, 0.29) is 11.5 Å². The lowest BCUT2D eigenvalue weighted by molar-refractivity contribution is 0.309. The summed E-state index contributed by atoms with van der Waals surface area (Å²) in [6.45, 7) is 1.62. The molecule has 1 aliphatic heterocycles. The third-order valence-corrected chi connectivity index (χ3v) is 4.90. The van der Waals surface area contributed by atoms with Crippen molar-refractivity contribution in [2.45, 2.75) is 25.8 Å². The summed E-state index contributed by atoms with van der Waals surface area (Å²) in [6.07, 6.45) is 2.46. The van der Waals surface area contributed by atoms with Gasteiger partial charge in [0.05, 0.1) is 14.2 Å². The van der Waals surface area contributed by atoms with Crippen molar-refractivity contribution in [2.24, 2.45) is 0 Å². The van der Waals surface area contributed by atoms with E-state index >= 15 is 0 Å². The van der Waals surface area contributed by atoms with Gasteiger partial charge in [0, 0.05) is 18.7 Å². The number of fused-ring (bicyclic) bond motifs is 2. The quantitative estimate of drug-likeness (QED) is 0.821. The highest BCUT2D eigenvalue weighted by atomic mass is 16.5. The van der Waals surface area contributed by atoms with E-state index in [1.165, 1.54) is 5.56 Å². The average Bonchev–Trinajstić information content (AvgIpc) is 2.60. The van der Waals surface area contributed by atoms with Gasteiger partial charge in [0.15, 0.2) is 23.0 Å². The maximum Gasteiger partial charge on any atom is 0.165 e. The van der Waals surface area contributed by atoms with Gasteiger partial charge in [0.2, 0.25) is 0 Å². The van der Waals surface area contributed by atoms with Gasteiger partial charge in [-0.3, -0.25) is 0 Å². The van der Waals surface area contributed by atoms with Crippen LogP contribution in [0, 0.1) is 0 Å². The maximum absolute atomic E-state index is 9.86. The van der Waals surface area contributed by atoms with Crippen LogP contribution in [0.5, 0.6) is 23.0 Å². The van der Waals surface area contributed by atoms with Crippen molar-refractivity contribution in [3.8, 4) is 23.0 Å². The third-order valence-electron chi connectivity index (χ3n) is 4.90. The molecule has 1 heterocycles. The molecule has 2 N–H and O–H groups in total. The van der Waals surface area contributed by atoms with Crippen molar-refractivity contribution in [1.82, 2.24) is 4.90 Å². The van der Waals surface area contributed by atoms with Gasteiger partial charge in [0.1, 0.15) is 0 Å². The summed E-state index contributed by atoms with van der Waals surface area (Å²) in [7, 11) is 5.40. The van der Waals surface area contributed by atoms with E-state index in [1.807, 2.05) is 6.07 Å². The second-order valence-electron chi connectivity index (χ2n) is 6.54. The minimum atomic E-state index is -0.0586. The van der Waals surface area contributed by atoms with Gasteiger partial charge in [-0.2, -0.15) is 0 Å². The number of phenols is 2. The Morgan fingerprint density at radius 1 is 0.880 bits per heavy atom. The average molecular weight is 343 g/mol. The third kappa shape index (κ3) is 3.51. The molecule has 0 amide bonds. The highest BCUT2D eigenvalue weighted by molar-refractivity contribution is 5.52. The molecule has 0 atom stereocenters. The molecule has 0 unspecified atom stereocenters. The van der Waals surface area contributed by atoms with Crippen LogP contribution in [0.2, 0.25) is 0 Å². The SMILES string of the molecule is COc1ccc2c(c1OC)CN(C)CCc1cc(O)c(O)cc1CC2. The predicted molar refractivity (Wildman–Crippen MR) is 96.8 cm³/mol. The van der Waals surface area contributed by atoms with Crippen LogP contribution >= 0.6 is 0 Å². The molecule has 0 aliphatic carbocycles. The topological polar surface area (TPSA) is 62.2 Å². The molecule has 0 saturated heterocycles. The smallest absolute Gasteiger partial charge is 0.165 e. The summed E-state index contributed by atoms with van der Waals surface area (Å²) in [4.78, 5) is 2.24. The molecule has 0 saturated carbocycles. The molecule has 2 aromatic rings. The maximum atomic E-state index is 9.86. The zero-order chi connectivity index (χ0) is 18.0. The zero-order valence-corrected chi connectivity index (χ0v) is 15.0. The van der Waals surface area contributed by atoms with Crippen LogP contribution in [0.1, 0.15) is 22.3 Å². The number of benzene rings is 2. The highest BCUT2D eigenvalue weighted by Crippen LogP contribution is 2.36. The highest BCUT2D eigenvalue weighted by Gasteiger charge is 2.19. The molecule has 0 spiro atoms. The predicted octanol–water partition coefficient (Wildman–Crippen LogP) is 2.89. The van der Waals surface area contributed by atoms with E-state index in [0.717, 1.165) is 60.5 Å². The summed E-state index contributed by atoms with van der Waals surface area (Å²) in [5.74, 6) is 1.43. The summed E-state index contributed by atoms with van der Waals surface area (Å²) < 4.78 is 11.1. The monoisotopic (exact) mass is 343 g/mol. The molecular weight excluding hydrogens is 318 g/mol. The summed E-state index contributed by atoms with van der Waals surface area (Å²) >= 11 is 0. The molecule has 3 rings (SSSR count). The molecule has 25 heavy (non-hydrogen) atoms. The number of aromatic hydroxyl groups is 2. The van der Waals surface area contributed by atoms with E-state index in [0.29, 0.717) is 0 Å². The Balaban J connectivity index is 2.04. The summed E-state index contributed by atoms with van der Waals surface area (Å²) in [6, 6.07) is 7.41. The van der Waals surface area contributed by atoms with E-state index in [9.17, 15) is 10.2 Å². The lowest BCUT2D eigenvalue weighted by Gasteiger charge is -2.24. The van der Waals surface area contributed by atoms with E-state index in [1.54, 1.807) is 26.4 Å². The molecule has 0 radical (unpaired) electrons. The Morgan fingerprint density at radius 2 is 1.52 bits per heavy atom. The fourth-order valence-corrected chi connectivity index (χ4v) is 3.50. The van der Waals surface area contributed by atoms with Crippen LogP contribution in [0.15, 0.2) is 24.3 Å². The number of hydrogen-bond acceptors (Lipinski definition) is 5. The number of nitrogens with zero attached hydrogens (tertiary/aromatic N) is 1. The Morgan fingerprint density at radius 3 is 2.16 bits per heavy atom. The van der Waals surface area contributed by atoms with Crippen LogP contribution in [0.3, 0.4) is 0 Å². The molecule has 0 fully saturated rings. The molecular formula is C20H25NO4. The normalized spacial score (nSPS) is 15.2. The van der Waals surface area contributed by atoms with E-state index in [4.69, 9.17) is 9.47 Å². The largest absolute Gasteiger partial charge is 0.504 e. The number of aryl methyl sites for hydroxylation is 2. The first-order valence-electron chi connectivity index (χ1n) is 8.48. The Kier molecular flexibility index (Phi) is 5.04. The molecule has 5 nitrogen and oxygen atoms in total. The van der Waals surface area contributed by atoms with Crippen LogP contribution < -0.4 is 9.47 Å². The number of methoxy groups -OCH3 is 2. The first kappa shape index (κ1) is 17.4. The van der Waals surface area contributed by atoms with Crippen LogP contribution in [-0.2, 0) is 25.8 Å². The van der Waals surface area contributed by atoms with Crippen molar-refractivity contribution in [3.63, 3.8) is 0 Å². The van der Waals surface area contributed by atoms with Gasteiger partial charge in [0.25, 0.3) is 0 Å².